The smallest absolute Gasteiger partial charge is 0.125 e. The summed E-state index contributed by atoms with van der Waals surface area (Å²) in [5, 5.41) is 1.13. The fraction of sp³-hybridized carbons (Fsp3) is 0.435. The molecule has 1 aromatic carbocycles. The first-order chi connectivity index (χ1) is 13.6. The Labute approximate surface area is 170 Å². The van der Waals surface area contributed by atoms with E-state index in [1.807, 2.05) is 18.3 Å². The van der Waals surface area contributed by atoms with Gasteiger partial charge >= 0.3 is 0 Å². The third-order valence-corrected chi connectivity index (χ3v) is 7.34. The molecule has 0 radical (unpaired) electrons. The van der Waals surface area contributed by atoms with Crippen molar-refractivity contribution in [3.05, 3.63) is 64.2 Å². The molecule has 1 aliphatic carbocycles. The Morgan fingerprint density at radius 2 is 2.00 bits per heavy atom. The third-order valence-electron chi connectivity index (χ3n) is 6.32. The summed E-state index contributed by atoms with van der Waals surface area (Å²) >= 11 is 1.83. The number of fused-ring (bicyclic) bond motifs is 2. The first-order valence-electron chi connectivity index (χ1n) is 10.2. The molecule has 1 fully saturated rings. The number of piperidine rings is 1. The van der Waals surface area contributed by atoms with Crippen LogP contribution in [0, 0.1) is 13.8 Å². The summed E-state index contributed by atoms with van der Waals surface area (Å²) in [6, 6.07) is 8.52. The van der Waals surface area contributed by atoms with Gasteiger partial charge in [-0.15, -0.1) is 11.3 Å². The van der Waals surface area contributed by atoms with Crippen molar-refractivity contribution in [2.24, 2.45) is 0 Å². The summed E-state index contributed by atoms with van der Waals surface area (Å²) in [4.78, 5) is 18.0. The molecule has 1 atom stereocenters. The number of aromatic nitrogens is 3. The van der Waals surface area contributed by atoms with Gasteiger partial charge in [0.25, 0.3) is 0 Å². The van der Waals surface area contributed by atoms with Crippen LogP contribution in [0.4, 0.5) is 0 Å². The Bertz CT molecular complexity index is 1010. The third kappa shape index (κ3) is 3.16. The average Bonchev–Trinajstić information content (AvgIpc) is 3.28. The summed E-state index contributed by atoms with van der Waals surface area (Å²) in [5.74, 6) is 0.905. The van der Waals surface area contributed by atoms with Crippen LogP contribution in [0.15, 0.2) is 36.7 Å². The standard InChI is InChI=1S/C23H26N4S/c1-16-6-3-4-7-20(16)22-25-13-19(28-22)14-27-11-5-9-23(15-27)10-8-18-12-24-17(2)26-21(18)23/h3-4,6-7,12-13H,5,8-11,14-15H2,1-2H3. The first-order valence-corrected chi connectivity index (χ1v) is 11.0. The lowest BCUT2D eigenvalue weighted by atomic mass is 9.77. The predicted molar refractivity (Wildman–Crippen MR) is 114 cm³/mol. The van der Waals surface area contributed by atoms with Crippen LogP contribution in [-0.2, 0) is 18.4 Å². The van der Waals surface area contributed by atoms with E-state index in [9.17, 15) is 0 Å². The van der Waals surface area contributed by atoms with E-state index in [0.29, 0.717) is 0 Å². The van der Waals surface area contributed by atoms with Gasteiger partial charge in [-0.25, -0.2) is 15.0 Å². The number of hydrogen-bond acceptors (Lipinski definition) is 5. The van der Waals surface area contributed by atoms with Crippen molar-refractivity contribution in [2.45, 2.75) is 51.5 Å². The molecular formula is C23H26N4S. The fourth-order valence-corrected chi connectivity index (χ4v) is 5.97. The zero-order valence-electron chi connectivity index (χ0n) is 16.6. The number of likely N-dealkylation sites (tertiary alicyclic amines) is 1. The molecule has 5 heteroatoms. The van der Waals surface area contributed by atoms with Crippen molar-refractivity contribution >= 4 is 11.3 Å². The van der Waals surface area contributed by atoms with Crippen molar-refractivity contribution in [3.63, 3.8) is 0 Å². The number of nitrogens with zero attached hydrogens (tertiary/aromatic N) is 4. The van der Waals surface area contributed by atoms with Crippen LogP contribution in [0.5, 0.6) is 0 Å². The fourth-order valence-electron chi connectivity index (χ4n) is 4.93. The maximum Gasteiger partial charge on any atom is 0.125 e. The van der Waals surface area contributed by atoms with E-state index in [2.05, 4.69) is 53.5 Å². The zero-order chi connectivity index (χ0) is 19.1. The molecule has 1 saturated heterocycles. The SMILES string of the molecule is Cc1ncc2c(n1)C1(CCCN(Cc3cnc(-c4ccccc4C)s3)C1)CC2. The summed E-state index contributed by atoms with van der Waals surface area (Å²) in [5.41, 5.74) is 5.47. The topological polar surface area (TPSA) is 41.9 Å². The van der Waals surface area contributed by atoms with Crippen molar-refractivity contribution in [1.29, 1.82) is 0 Å². The second kappa shape index (κ2) is 7.05. The van der Waals surface area contributed by atoms with Crippen molar-refractivity contribution in [1.82, 2.24) is 19.9 Å². The highest BCUT2D eigenvalue weighted by molar-refractivity contribution is 7.15. The van der Waals surface area contributed by atoms with E-state index in [1.165, 1.54) is 53.1 Å². The second-order valence-electron chi connectivity index (χ2n) is 8.33. The van der Waals surface area contributed by atoms with Crippen LogP contribution in [0.3, 0.4) is 0 Å². The molecule has 0 saturated carbocycles. The molecule has 2 aromatic heterocycles. The highest BCUT2D eigenvalue weighted by atomic mass is 32.1. The Morgan fingerprint density at radius 1 is 1.11 bits per heavy atom. The molecule has 1 aliphatic heterocycles. The molecule has 1 spiro atoms. The Balaban J connectivity index is 1.35. The zero-order valence-corrected chi connectivity index (χ0v) is 17.4. The highest BCUT2D eigenvalue weighted by Gasteiger charge is 2.43. The molecule has 3 aromatic rings. The maximum absolute atomic E-state index is 4.88. The van der Waals surface area contributed by atoms with E-state index in [1.54, 1.807) is 0 Å². The van der Waals surface area contributed by atoms with E-state index in [-0.39, 0.29) is 5.41 Å². The van der Waals surface area contributed by atoms with Gasteiger partial charge in [0.1, 0.15) is 10.8 Å². The van der Waals surface area contributed by atoms with Crippen molar-refractivity contribution < 1.29 is 0 Å². The molecule has 28 heavy (non-hydrogen) atoms. The van der Waals surface area contributed by atoms with Crippen LogP contribution >= 0.6 is 11.3 Å². The molecule has 2 aliphatic rings. The van der Waals surface area contributed by atoms with Crippen LogP contribution in [-0.4, -0.2) is 32.9 Å². The maximum atomic E-state index is 4.88. The van der Waals surface area contributed by atoms with E-state index < -0.39 is 0 Å². The lowest BCUT2D eigenvalue weighted by molar-refractivity contribution is 0.137. The largest absolute Gasteiger partial charge is 0.297 e. The normalized spacial score (nSPS) is 21.9. The minimum absolute atomic E-state index is 0.227. The lowest BCUT2D eigenvalue weighted by Gasteiger charge is -2.40. The van der Waals surface area contributed by atoms with Crippen molar-refractivity contribution in [2.75, 3.05) is 13.1 Å². The molecule has 1 unspecified atom stereocenters. The number of aryl methyl sites for hydroxylation is 3. The lowest BCUT2D eigenvalue weighted by Crippen LogP contribution is -2.44. The summed E-state index contributed by atoms with van der Waals surface area (Å²) in [7, 11) is 0. The van der Waals surface area contributed by atoms with E-state index >= 15 is 0 Å². The van der Waals surface area contributed by atoms with Gasteiger partial charge in [-0.1, -0.05) is 24.3 Å². The number of benzene rings is 1. The van der Waals surface area contributed by atoms with Crippen LogP contribution in [0.2, 0.25) is 0 Å². The molecule has 144 valence electrons. The van der Waals surface area contributed by atoms with Crippen LogP contribution in [0.25, 0.3) is 10.6 Å². The summed E-state index contributed by atoms with van der Waals surface area (Å²) in [6.45, 7) is 7.43. The Kier molecular flexibility index (Phi) is 4.52. The quantitative estimate of drug-likeness (QED) is 0.650. The average molecular weight is 391 g/mol. The van der Waals surface area contributed by atoms with E-state index in [4.69, 9.17) is 9.97 Å². The number of rotatable bonds is 3. The minimum atomic E-state index is 0.227. The highest BCUT2D eigenvalue weighted by Crippen LogP contribution is 2.44. The molecule has 0 bridgehead atoms. The van der Waals surface area contributed by atoms with Gasteiger partial charge in [0.2, 0.25) is 0 Å². The van der Waals surface area contributed by atoms with E-state index in [0.717, 1.165) is 30.3 Å². The molecular weight excluding hydrogens is 364 g/mol. The molecule has 5 rings (SSSR count). The number of thiazole rings is 1. The molecule has 0 N–H and O–H groups in total. The van der Waals surface area contributed by atoms with Gasteiger partial charge in [-0.3, -0.25) is 4.90 Å². The monoisotopic (exact) mass is 390 g/mol. The van der Waals surface area contributed by atoms with Gasteiger partial charge in [-0.2, -0.15) is 0 Å². The van der Waals surface area contributed by atoms with Crippen molar-refractivity contribution in [3.8, 4) is 10.6 Å². The van der Waals surface area contributed by atoms with Crippen LogP contribution < -0.4 is 0 Å². The second-order valence-corrected chi connectivity index (χ2v) is 9.45. The molecule has 4 nitrogen and oxygen atoms in total. The van der Waals surface area contributed by atoms with Crippen LogP contribution in [0.1, 0.15) is 46.8 Å². The first kappa shape index (κ1) is 18.0. The number of hydrogen-bond donors (Lipinski definition) is 0. The van der Waals surface area contributed by atoms with Gasteiger partial charge in [-0.05, 0) is 57.2 Å². The van der Waals surface area contributed by atoms with Gasteiger partial charge < -0.3 is 0 Å². The minimum Gasteiger partial charge on any atom is -0.297 e. The predicted octanol–water partition coefficient (Wildman–Crippen LogP) is 4.70. The molecule has 0 amide bonds. The summed E-state index contributed by atoms with van der Waals surface area (Å²) < 4.78 is 0. The van der Waals surface area contributed by atoms with Gasteiger partial charge in [0.15, 0.2) is 0 Å². The summed E-state index contributed by atoms with van der Waals surface area (Å²) in [6.07, 6.45) is 8.97. The molecule has 3 heterocycles. The Morgan fingerprint density at radius 3 is 2.89 bits per heavy atom. The van der Waals surface area contributed by atoms with Gasteiger partial charge in [0, 0.05) is 41.3 Å². The Hall–Kier alpha value is -2.11. The van der Waals surface area contributed by atoms with Gasteiger partial charge in [0.05, 0.1) is 5.69 Å².